The summed E-state index contributed by atoms with van der Waals surface area (Å²) in [6.07, 6.45) is 2.09. The fourth-order valence-corrected chi connectivity index (χ4v) is 3.54. The zero-order valence-corrected chi connectivity index (χ0v) is 14.9. The lowest BCUT2D eigenvalue weighted by atomic mass is 9.93. The Bertz CT molecular complexity index is 924. The molecular weight excluding hydrogens is 355 g/mol. The molecule has 2 heterocycles. The molecule has 8 heteroatoms. The highest BCUT2D eigenvalue weighted by molar-refractivity contribution is 5.34. The third-order valence-corrected chi connectivity index (χ3v) is 5.01. The number of aromatic nitrogens is 4. The molecule has 3 aromatic rings. The van der Waals surface area contributed by atoms with Crippen LogP contribution in [0.1, 0.15) is 41.4 Å². The maximum absolute atomic E-state index is 12.7. The van der Waals surface area contributed by atoms with E-state index in [2.05, 4.69) is 15.5 Å². The first-order chi connectivity index (χ1) is 12.9. The van der Waals surface area contributed by atoms with Crippen LogP contribution >= 0.6 is 0 Å². The molecule has 1 aliphatic rings. The molecule has 0 bridgehead atoms. The second-order valence-electron chi connectivity index (χ2n) is 6.81. The topological polar surface area (TPSA) is 47.7 Å². The molecule has 1 N–H and O–H groups in total. The van der Waals surface area contributed by atoms with Gasteiger partial charge in [-0.2, -0.15) is 23.4 Å². The van der Waals surface area contributed by atoms with Crippen molar-refractivity contribution in [2.45, 2.75) is 38.0 Å². The van der Waals surface area contributed by atoms with E-state index >= 15 is 0 Å². The van der Waals surface area contributed by atoms with E-state index in [1.54, 1.807) is 12.1 Å². The lowest BCUT2D eigenvalue weighted by Crippen LogP contribution is -2.24. The highest BCUT2D eigenvalue weighted by Gasteiger charge is 2.33. The van der Waals surface area contributed by atoms with E-state index in [-0.39, 0.29) is 6.04 Å². The van der Waals surface area contributed by atoms with E-state index in [0.29, 0.717) is 12.2 Å². The number of aryl methyl sites for hydroxylation is 1. The SMILES string of the molecule is Cn1ncc2c1CCCC2NCc1ccc(-n2ccc(C(F)(F)F)n2)cc1. The van der Waals surface area contributed by atoms with Crippen LogP contribution in [0.15, 0.2) is 42.7 Å². The molecule has 1 unspecified atom stereocenters. The molecule has 0 saturated heterocycles. The van der Waals surface area contributed by atoms with Gasteiger partial charge in [0.2, 0.25) is 0 Å². The number of hydrogen-bond donors (Lipinski definition) is 1. The van der Waals surface area contributed by atoms with Gasteiger partial charge < -0.3 is 5.32 Å². The van der Waals surface area contributed by atoms with Crippen molar-refractivity contribution in [3.8, 4) is 5.69 Å². The highest BCUT2D eigenvalue weighted by Crippen LogP contribution is 2.30. The average molecular weight is 375 g/mol. The van der Waals surface area contributed by atoms with Crippen molar-refractivity contribution in [3.05, 3.63) is 65.2 Å². The van der Waals surface area contributed by atoms with Crippen LogP contribution in [0.4, 0.5) is 13.2 Å². The Morgan fingerprint density at radius 2 is 1.96 bits per heavy atom. The van der Waals surface area contributed by atoms with Crippen LogP contribution in [0.3, 0.4) is 0 Å². The number of halogens is 3. The number of nitrogens with zero attached hydrogens (tertiary/aromatic N) is 4. The van der Waals surface area contributed by atoms with Crippen LogP contribution in [0.25, 0.3) is 5.69 Å². The van der Waals surface area contributed by atoms with Crippen molar-refractivity contribution in [2.24, 2.45) is 7.05 Å². The minimum Gasteiger partial charge on any atom is -0.306 e. The summed E-state index contributed by atoms with van der Waals surface area (Å²) in [5.74, 6) is 0. The van der Waals surface area contributed by atoms with Crippen LogP contribution in [0.2, 0.25) is 0 Å². The fourth-order valence-electron chi connectivity index (χ4n) is 3.54. The number of alkyl halides is 3. The third kappa shape index (κ3) is 3.62. The standard InChI is InChI=1S/C19H20F3N5/c1-26-17-4-2-3-16(15(17)12-24-26)23-11-13-5-7-14(8-6-13)27-10-9-18(25-27)19(20,21)22/h5-10,12,16,23H,2-4,11H2,1H3. The maximum Gasteiger partial charge on any atom is 0.435 e. The maximum atomic E-state index is 12.7. The van der Waals surface area contributed by atoms with E-state index in [0.717, 1.165) is 30.9 Å². The third-order valence-electron chi connectivity index (χ3n) is 5.01. The zero-order chi connectivity index (χ0) is 19.0. The predicted molar refractivity (Wildman–Crippen MR) is 94.3 cm³/mol. The molecule has 1 aromatic carbocycles. The summed E-state index contributed by atoms with van der Waals surface area (Å²) < 4.78 is 41.2. The largest absolute Gasteiger partial charge is 0.435 e. The minimum absolute atomic E-state index is 0.280. The normalized spacial score (nSPS) is 17.1. The van der Waals surface area contributed by atoms with Gasteiger partial charge in [0, 0.05) is 37.1 Å². The number of hydrogen-bond acceptors (Lipinski definition) is 3. The van der Waals surface area contributed by atoms with E-state index in [4.69, 9.17) is 0 Å². The summed E-state index contributed by atoms with van der Waals surface area (Å²) in [5.41, 5.74) is 3.32. The first kappa shape index (κ1) is 17.8. The monoisotopic (exact) mass is 375 g/mol. The summed E-state index contributed by atoms with van der Waals surface area (Å²) in [4.78, 5) is 0. The van der Waals surface area contributed by atoms with Crippen LogP contribution < -0.4 is 5.32 Å². The summed E-state index contributed by atoms with van der Waals surface area (Å²) in [7, 11) is 1.97. The lowest BCUT2D eigenvalue weighted by molar-refractivity contribution is -0.141. The second kappa shape index (κ2) is 6.84. The van der Waals surface area contributed by atoms with Crippen molar-refractivity contribution < 1.29 is 13.2 Å². The van der Waals surface area contributed by atoms with Gasteiger partial charge in [-0.3, -0.25) is 4.68 Å². The van der Waals surface area contributed by atoms with Gasteiger partial charge in [-0.25, -0.2) is 4.68 Å². The Hall–Kier alpha value is -2.61. The van der Waals surface area contributed by atoms with Gasteiger partial charge in [0.1, 0.15) is 0 Å². The first-order valence-electron chi connectivity index (χ1n) is 8.88. The average Bonchev–Trinajstić information content (AvgIpc) is 3.28. The molecule has 0 radical (unpaired) electrons. The van der Waals surface area contributed by atoms with Crippen molar-refractivity contribution in [3.63, 3.8) is 0 Å². The first-order valence-corrected chi connectivity index (χ1v) is 8.88. The highest BCUT2D eigenvalue weighted by atomic mass is 19.4. The Morgan fingerprint density at radius 1 is 1.19 bits per heavy atom. The fraction of sp³-hybridized carbons (Fsp3) is 0.368. The van der Waals surface area contributed by atoms with Crippen molar-refractivity contribution in [1.82, 2.24) is 24.9 Å². The Labute approximate surface area is 154 Å². The van der Waals surface area contributed by atoms with Crippen molar-refractivity contribution in [2.75, 3.05) is 0 Å². The van der Waals surface area contributed by atoms with Gasteiger partial charge in [0.15, 0.2) is 5.69 Å². The molecule has 0 amide bonds. The van der Waals surface area contributed by atoms with E-state index < -0.39 is 11.9 Å². The zero-order valence-electron chi connectivity index (χ0n) is 14.9. The second-order valence-corrected chi connectivity index (χ2v) is 6.81. The number of rotatable bonds is 4. The van der Waals surface area contributed by atoms with Gasteiger partial charge in [-0.15, -0.1) is 0 Å². The molecule has 0 spiro atoms. The van der Waals surface area contributed by atoms with Crippen LogP contribution in [-0.2, 0) is 26.2 Å². The molecule has 0 saturated carbocycles. The van der Waals surface area contributed by atoms with E-state index in [1.807, 2.05) is 30.1 Å². The molecule has 4 rings (SSSR count). The Kier molecular flexibility index (Phi) is 4.51. The summed E-state index contributed by atoms with van der Waals surface area (Å²) >= 11 is 0. The molecule has 0 fully saturated rings. The summed E-state index contributed by atoms with van der Waals surface area (Å²) in [6, 6.07) is 8.63. The summed E-state index contributed by atoms with van der Waals surface area (Å²) in [6.45, 7) is 0.687. The van der Waals surface area contributed by atoms with Gasteiger partial charge in [0.05, 0.1) is 11.9 Å². The van der Waals surface area contributed by atoms with Gasteiger partial charge >= 0.3 is 6.18 Å². The van der Waals surface area contributed by atoms with Crippen molar-refractivity contribution in [1.29, 1.82) is 0 Å². The number of nitrogens with one attached hydrogen (secondary N) is 1. The molecule has 1 aliphatic carbocycles. The van der Waals surface area contributed by atoms with E-state index in [9.17, 15) is 13.2 Å². The molecule has 1 atom stereocenters. The van der Waals surface area contributed by atoms with Crippen LogP contribution in [-0.4, -0.2) is 19.6 Å². The minimum atomic E-state index is -4.43. The van der Waals surface area contributed by atoms with Gasteiger partial charge in [-0.1, -0.05) is 12.1 Å². The summed E-state index contributed by atoms with van der Waals surface area (Å²) in [5, 5.41) is 11.5. The molecular formula is C19H20F3N5. The quantitative estimate of drug-likeness (QED) is 0.755. The van der Waals surface area contributed by atoms with Crippen LogP contribution in [0, 0.1) is 0 Å². The molecule has 0 aliphatic heterocycles. The number of fused-ring (bicyclic) bond motifs is 1. The Balaban J connectivity index is 1.42. The van der Waals surface area contributed by atoms with Gasteiger partial charge in [0.25, 0.3) is 0 Å². The van der Waals surface area contributed by atoms with E-state index in [1.165, 1.54) is 22.1 Å². The molecule has 5 nitrogen and oxygen atoms in total. The lowest BCUT2D eigenvalue weighted by Gasteiger charge is -2.24. The van der Waals surface area contributed by atoms with Crippen LogP contribution in [0.5, 0.6) is 0 Å². The number of benzene rings is 1. The predicted octanol–water partition coefficient (Wildman–Crippen LogP) is 3.79. The Morgan fingerprint density at radius 3 is 2.67 bits per heavy atom. The molecule has 142 valence electrons. The van der Waals surface area contributed by atoms with Gasteiger partial charge in [-0.05, 0) is 43.0 Å². The molecule has 27 heavy (non-hydrogen) atoms. The smallest absolute Gasteiger partial charge is 0.306 e. The molecule has 2 aromatic heterocycles. The van der Waals surface area contributed by atoms with Crippen molar-refractivity contribution >= 4 is 0 Å².